The van der Waals surface area contributed by atoms with Crippen molar-refractivity contribution in [3.8, 4) is 0 Å². The Kier molecular flexibility index (Phi) is 8.31. The van der Waals surface area contributed by atoms with Crippen molar-refractivity contribution in [2.75, 3.05) is 25.5 Å². The molecule has 0 aliphatic heterocycles. The van der Waals surface area contributed by atoms with E-state index in [1.807, 2.05) is 32.0 Å². The van der Waals surface area contributed by atoms with Crippen LogP contribution in [0.4, 0.5) is 0 Å². The number of aromatic nitrogens is 2. The van der Waals surface area contributed by atoms with Gasteiger partial charge in [-0.05, 0) is 38.3 Å². The van der Waals surface area contributed by atoms with Gasteiger partial charge in [-0.15, -0.1) is 0 Å². The van der Waals surface area contributed by atoms with Gasteiger partial charge in [0, 0.05) is 19.2 Å². The van der Waals surface area contributed by atoms with E-state index in [4.69, 9.17) is 4.74 Å². The number of nitrogens with zero attached hydrogens (tertiary/aromatic N) is 2. The molecule has 7 heteroatoms. The second-order valence-corrected chi connectivity index (χ2v) is 8.06. The minimum atomic E-state index is -0.0924. The Morgan fingerprint density at radius 1 is 1.22 bits per heavy atom. The highest BCUT2D eigenvalue weighted by atomic mass is 32.2. The number of ether oxygens (including phenoxy) is 1. The minimum Gasteiger partial charge on any atom is -0.380 e. The number of fused-ring (bicyclic) bond motifs is 1. The molecule has 0 spiro atoms. The molecule has 1 N–H and O–H groups in total. The normalized spacial score (nSPS) is 11.5. The van der Waals surface area contributed by atoms with Gasteiger partial charge in [0.25, 0.3) is 5.56 Å². The third-order valence-electron chi connectivity index (χ3n) is 4.03. The van der Waals surface area contributed by atoms with Crippen molar-refractivity contribution in [3.05, 3.63) is 34.6 Å². The molecule has 0 fully saturated rings. The van der Waals surface area contributed by atoms with E-state index >= 15 is 0 Å². The summed E-state index contributed by atoms with van der Waals surface area (Å²) < 4.78 is 7.14. The fourth-order valence-corrected chi connectivity index (χ4v) is 3.51. The van der Waals surface area contributed by atoms with Crippen LogP contribution in [0.1, 0.15) is 40.2 Å². The largest absolute Gasteiger partial charge is 0.380 e. The average Bonchev–Trinajstić information content (AvgIpc) is 2.62. The van der Waals surface area contributed by atoms with Crippen molar-refractivity contribution in [2.45, 2.75) is 45.3 Å². The number of nitrogens with one attached hydrogen (secondary N) is 1. The number of thioether (sulfide) groups is 1. The van der Waals surface area contributed by atoms with Crippen LogP contribution in [0, 0.1) is 5.92 Å². The standard InChI is InChI=1S/C20H29N3O3S/c1-14(2)9-11-26-12-10-21-18(24)13-27-20-22-17-8-6-5-7-16(17)19(25)23(20)15(3)4/h5-8,14-15H,9-13H2,1-4H3,(H,21,24). The van der Waals surface area contributed by atoms with Crippen LogP contribution in [-0.4, -0.2) is 41.0 Å². The van der Waals surface area contributed by atoms with Crippen LogP contribution in [-0.2, 0) is 9.53 Å². The Morgan fingerprint density at radius 2 is 1.96 bits per heavy atom. The van der Waals surface area contributed by atoms with Gasteiger partial charge in [-0.3, -0.25) is 14.2 Å². The maximum atomic E-state index is 12.7. The summed E-state index contributed by atoms with van der Waals surface area (Å²) in [6.45, 7) is 9.89. The highest BCUT2D eigenvalue weighted by Gasteiger charge is 2.15. The van der Waals surface area contributed by atoms with Gasteiger partial charge in [-0.2, -0.15) is 0 Å². The first-order valence-electron chi connectivity index (χ1n) is 9.38. The quantitative estimate of drug-likeness (QED) is 0.382. The number of carbonyl (C=O) groups is 1. The summed E-state index contributed by atoms with van der Waals surface area (Å²) in [6.07, 6.45) is 1.02. The maximum absolute atomic E-state index is 12.7. The third kappa shape index (κ3) is 6.36. The van der Waals surface area contributed by atoms with Gasteiger partial charge < -0.3 is 10.1 Å². The zero-order chi connectivity index (χ0) is 19.8. The maximum Gasteiger partial charge on any atom is 0.262 e. The van der Waals surface area contributed by atoms with Crippen molar-refractivity contribution in [3.63, 3.8) is 0 Å². The van der Waals surface area contributed by atoms with E-state index in [0.29, 0.717) is 41.7 Å². The van der Waals surface area contributed by atoms with Crippen LogP contribution in [0.2, 0.25) is 0 Å². The van der Waals surface area contributed by atoms with E-state index in [1.54, 1.807) is 10.6 Å². The molecule has 27 heavy (non-hydrogen) atoms. The Labute approximate surface area is 164 Å². The first-order valence-corrected chi connectivity index (χ1v) is 10.4. The number of carbonyl (C=O) groups excluding carboxylic acids is 1. The lowest BCUT2D eigenvalue weighted by Crippen LogP contribution is -2.30. The molecule has 0 bridgehead atoms. The van der Waals surface area contributed by atoms with Crippen LogP contribution >= 0.6 is 11.8 Å². The zero-order valence-corrected chi connectivity index (χ0v) is 17.3. The van der Waals surface area contributed by atoms with E-state index in [9.17, 15) is 9.59 Å². The average molecular weight is 392 g/mol. The van der Waals surface area contributed by atoms with E-state index in [1.165, 1.54) is 11.8 Å². The molecule has 0 aliphatic rings. The molecule has 1 aromatic heterocycles. The minimum absolute atomic E-state index is 0.0328. The fourth-order valence-electron chi connectivity index (χ4n) is 2.55. The topological polar surface area (TPSA) is 73.2 Å². The second kappa shape index (κ2) is 10.5. The Hall–Kier alpha value is -1.86. The van der Waals surface area contributed by atoms with Gasteiger partial charge in [0.15, 0.2) is 5.16 Å². The summed E-state index contributed by atoms with van der Waals surface area (Å²) in [7, 11) is 0. The van der Waals surface area contributed by atoms with Crippen LogP contribution < -0.4 is 10.9 Å². The summed E-state index contributed by atoms with van der Waals surface area (Å²) in [4.78, 5) is 29.4. The number of rotatable bonds is 10. The van der Waals surface area contributed by atoms with E-state index < -0.39 is 0 Å². The molecule has 0 aliphatic carbocycles. The lowest BCUT2D eigenvalue weighted by molar-refractivity contribution is -0.118. The van der Waals surface area contributed by atoms with Crippen LogP contribution in [0.3, 0.4) is 0 Å². The highest BCUT2D eigenvalue weighted by Crippen LogP contribution is 2.20. The van der Waals surface area contributed by atoms with Crippen molar-refractivity contribution in [1.29, 1.82) is 0 Å². The van der Waals surface area contributed by atoms with Crippen molar-refractivity contribution < 1.29 is 9.53 Å². The summed E-state index contributed by atoms with van der Waals surface area (Å²) in [5.74, 6) is 0.734. The Morgan fingerprint density at radius 3 is 2.67 bits per heavy atom. The highest BCUT2D eigenvalue weighted by molar-refractivity contribution is 7.99. The molecular formula is C20H29N3O3S. The lowest BCUT2D eigenvalue weighted by Gasteiger charge is -2.16. The lowest BCUT2D eigenvalue weighted by atomic mass is 10.1. The molecule has 0 saturated heterocycles. The second-order valence-electron chi connectivity index (χ2n) is 7.11. The molecule has 148 valence electrons. The van der Waals surface area contributed by atoms with Gasteiger partial charge in [0.1, 0.15) is 0 Å². The molecule has 0 unspecified atom stereocenters. The first-order chi connectivity index (χ1) is 12.9. The van der Waals surface area contributed by atoms with E-state index in [0.717, 1.165) is 6.42 Å². The zero-order valence-electron chi connectivity index (χ0n) is 16.5. The Balaban J connectivity index is 1.93. The predicted molar refractivity (Wildman–Crippen MR) is 110 cm³/mol. The van der Waals surface area contributed by atoms with E-state index in [2.05, 4.69) is 24.1 Å². The third-order valence-corrected chi connectivity index (χ3v) is 4.99. The number of amides is 1. The summed E-state index contributed by atoms with van der Waals surface area (Å²) in [5, 5.41) is 4.00. The van der Waals surface area contributed by atoms with Crippen LogP contribution in [0.25, 0.3) is 10.9 Å². The van der Waals surface area contributed by atoms with E-state index in [-0.39, 0.29) is 23.3 Å². The van der Waals surface area contributed by atoms with Gasteiger partial charge in [-0.1, -0.05) is 37.7 Å². The molecule has 1 heterocycles. The molecule has 2 aromatic rings. The summed E-state index contributed by atoms with van der Waals surface area (Å²) in [6, 6.07) is 7.26. The monoisotopic (exact) mass is 391 g/mol. The molecule has 1 amide bonds. The van der Waals surface area contributed by atoms with Crippen molar-refractivity contribution in [1.82, 2.24) is 14.9 Å². The summed E-state index contributed by atoms with van der Waals surface area (Å²) >= 11 is 1.28. The number of para-hydroxylation sites is 1. The molecule has 0 saturated carbocycles. The first kappa shape index (κ1) is 21.4. The molecule has 0 radical (unpaired) electrons. The fraction of sp³-hybridized carbons (Fsp3) is 0.550. The van der Waals surface area contributed by atoms with Gasteiger partial charge in [0.05, 0.1) is 23.3 Å². The Bertz CT molecular complexity index is 818. The van der Waals surface area contributed by atoms with Crippen molar-refractivity contribution in [2.24, 2.45) is 5.92 Å². The molecule has 0 atom stereocenters. The predicted octanol–water partition coefficient (Wildman–Crippen LogP) is 3.25. The SMILES string of the molecule is CC(C)CCOCCNC(=O)CSc1nc2ccccc2c(=O)n1C(C)C. The van der Waals surface area contributed by atoms with Crippen LogP contribution in [0.15, 0.2) is 34.2 Å². The number of benzene rings is 1. The van der Waals surface area contributed by atoms with Gasteiger partial charge in [0.2, 0.25) is 5.91 Å². The smallest absolute Gasteiger partial charge is 0.262 e. The summed E-state index contributed by atoms with van der Waals surface area (Å²) in [5.41, 5.74) is 0.581. The number of hydrogen-bond donors (Lipinski definition) is 1. The molecule has 1 aromatic carbocycles. The van der Waals surface area contributed by atoms with Gasteiger partial charge >= 0.3 is 0 Å². The van der Waals surface area contributed by atoms with Gasteiger partial charge in [-0.25, -0.2) is 4.98 Å². The molecule has 6 nitrogen and oxygen atoms in total. The molecular weight excluding hydrogens is 362 g/mol. The van der Waals surface area contributed by atoms with Crippen molar-refractivity contribution >= 4 is 28.6 Å². The van der Waals surface area contributed by atoms with Crippen LogP contribution in [0.5, 0.6) is 0 Å². The number of hydrogen-bond acceptors (Lipinski definition) is 5. The molecule has 2 rings (SSSR count).